The van der Waals surface area contributed by atoms with Crippen LogP contribution < -0.4 is 10.0 Å². The van der Waals surface area contributed by atoms with E-state index >= 15 is 0 Å². The predicted octanol–water partition coefficient (Wildman–Crippen LogP) is 1.83. The van der Waals surface area contributed by atoms with Gasteiger partial charge in [-0.1, -0.05) is 37.0 Å². The fourth-order valence-electron chi connectivity index (χ4n) is 1.34. The van der Waals surface area contributed by atoms with Gasteiger partial charge in [0.2, 0.25) is 15.9 Å². The highest BCUT2D eigenvalue weighted by Crippen LogP contribution is 2.21. The monoisotopic (exact) mass is 353 g/mol. The molecule has 0 aliphatic rings. The zero-order chi connectivity index (χ0) is 16.0. The summed E-state index contributed by atoms with van der Waals surface area (Å²) in [6.45, 7) is 4.50. The second-order valence-electron chi connectivity index (χ2n) is 4.79. The number of nitrogens with zero attached hydrogens (tertiary/aromatic N) is 1. The Labute approximate surface area is 134 Å². The Balaban J connectivity index is 2.53. The quantitative estimate of drug-likeness (QED) is 0.732. The molecule has 0 radical (unpaired) electrons. The molecule has 21 heavy (non-hydrogen) atoms. The summed E-state index contributed by atoms with van der Waals surface area (Å²) in [6.07, 6.45) is 1.16. The second-order valence-corrected chi connectivity index (χ2v) is 7.32. The van der Waals surface area contributed by atoms with Gasteiger partial charge in [0, 0.05) is 25.7 Å². The van der Waals surface area contributed by atoms with Gasteiger partial charge in [-0.3, -0.25) is 4.79 Å². The van der Waals surface area contributed by atoms with E-state index < -0.39 is 10.0 Å². The maximum atomic E-state index is 12.0. The first kappa shape index (κ1) is 18.2. The van der Waals surface area contributed by atoms with Crippen molar-refractivity contribution in [1.29, 1.82) is 0 Å². The third-order valence-corrected chi connectivity index (χ3v) is 4.55. The van der Waals surface area contributed by atoms with Crippen LogP contribution >= 0.6 is 23.2 Å². The molecule has 1 aromatic heterocycles. The zero-order valence-corrected chi connectivity index (χ0v) is 14.0. The van der Waals surface area contributed by atoms with Crippen LogP contribution in [0.1, 0.15) is 20.3 Å². The summed E-state index contributed by atoms with van der Waals surface area (Å²) in [5, 5.41) is 2.78. The van der Waals surface area contributed by atoms with Crippen molar-refractivity contribution in [2.75, 3.05) is 13.1 Å². The molecule has 0 aliphatic heterocycles. The lowest BCUT2D eigenvalue weighted by Gasteiger charge is -2.09. The first-order valence-corrected chi connectivity index (χ1v) is 8.53. The molecule has 0 spiro atoms. The van der Waals surface area contributed by atoms with E-state index in [-0.39, 0.29) is 33.9 Å². The van der Waals surface area contributed by atoms with E-state index in [2.05, 4.69) is 15.0 Å². The molecule has 0 unspecified atom stereocenters. The molecule has 0 aromatic carbocycles. The summed E-state index contributed by atoms with van der Waals surface area (Å²) >= 11 is 11.4. The first-order chi connectivity index (χ1) is 9.72. The molecule has 0 saturated carbocycles. The van der Waals surface area contributed by atoms with Crippen molar-refractivity contribution in [2.45, 2.75) is 25.2 Å². The Morgan fingerprint density at radius 3 is 2.62 bits per heavy atom. The molecule has 0 bridgehead atoms. The Kier molecular flexibility index (Phi) is 6.86. The smallest absolute Gasteiger partial charge is 0.242 e. The molecule has 0 saturated heterocycles. The van der Waals surface area contributed by atoms with Crippen molar-refractivity contribution in [3.63, 3.8) is 0 Å². The summed E-state index contributed by atoms with van der Waals surface area (Å²) in [7, 11) is -3.76. The third-order valence-electron chi connectivity index (χ3n) is 2.43. The van der Waals surface area contributed by atoms with Crippen LogP contribution in [-0.4, -0.2) is 32.4 Å². The van der Waals surface area contributed by atoms with Gasteiger partial charge >= 0.3 is 0 Å². The van der Waals surface area contributed by atoms with Gasteiger partial charge in [0.1, 0.15) is 10.0 Å². The Bertz CT molecular complexity index is 606. The minimum absolute atomic E-state index is 0.00743. The summed E-state index contributed by atoms with van der Waals surface area (Å²) in [5.74, 6) is 0.131. The van der Waals surface area contributed by atoms with Crippen molar-refractivity contribution in [3.8, 4) is 0 Å². The number of carbonyl (C=O) groups excluding carboxylic acids is 1. The van der Waals surface area contributed by atoms with E-state index in [1.165, 1.54) is 6.07 Å². The average Bonchev–Trinajstić information content (AvgIpc) is 2.39. The highest BCUT2D eigenvalue weighted by molar-refractivity contribution is 7.89. The number of carbonyl (C=O) groups is 1. The van der Waals surface area contributed by atoms with Crippen molar-refractivity contribution in [2.24, 2.45) is 5.92 Å². The molecule has 0 aliphatic carbocycles. The van der Waals surface area contributed by atoms with Crippen LogP contribution in [0.25, 0.3) is 0 Å². The number of aromatic nitrogens is 1. The SMILES string of the molecule is CC(C)CNC(=O)CCNS(=O)(=O)c1cnc(Cl)c(Cl)c1. The average molecular weight is 354 g/mol. The lowest BCUT2D eigenvalue weighted by Crippen LogP contribution is -2.32. The van der Waals surface area contributed by atoms with Crippen LogP contribution in [0.3, 0.4) is 0 Å². The maximum Gasteiger partial charge on any atom is 0.242 e. The fourth-order valence-corrected chi connectivity index (χ4v) is 2.68. The van der Waals surface area contributed by atoms with Crippen LogP contribution in [-0.2, 0) is 14.8 Å². The Hall–Kier alpha value is -0.890. The lowest BCUT2D eigenvalue weighted by atomic mass is 10.2. The van der Waals surface area contributed by atoms with Crippen molar-refractivity contribution in [1.82, 2.24) is 15.0 Å². The van der Waals surface area contributed by atoms with Gasteiger partial charge in [0.05, 0.1) is 5.02 Å². The minimum Gasteiger partial charge on any atom is -0.356 e. The van der Waals surface area contributed by atoms with Gasteiger partial charge in [-0.2, -0.15) is 0 Å². The number of hydrogen-bond donors (Lipinski definition) is 2. The van der Waals surface area contributed by atoms with Crippen LogP contribution in [0.2, 0.25) is 10.2 Å². The highest BCUT2D eigenvalue weighted by Gasteiger charge is 2.16. The summed E-state index contributed by atoms with van der Waals surface area (Å²) in [4.78, 5) is 15.0. The number of pyridine rings is 1. The van der Waals surface area contributed by atoms with Crippen LogP contribution in [0.4, 0.5) is 0 Å². The Morgan fingerprint density at radius 1 is 1.38 bits per heavy atom. The minimum atomic E-state index is -3.76. The van der Waals surface area contributed by atoms with Crippen molar-refractivity contribution < 1.29 is 13.2 Å². The number of hydrogen-bond acceptors (Lipinski definition) is 4. The van der Waals surface area contributed by atoms with Gasteiger partial charge in [-0.05, 0) is 12.0 Å². The number of halogens is 2. The van der Waals surface area contributed by atoms with E-state index in [0.29, 0.717) is 12.5 Å². The van der Waals surface area contributed by atoms with E-state index in [1.54, 1.807) is 0 Å². The summed E-state index contributed by atoms with van der Waals surface area (Å²) in [6, 6.07) is 1.21. The maximum absolute atomic E-state index is 12.0. The molecule has 1 heterocycles. The summed E-state index contributed by atoms with van der Waals surface area (Å²) in [5.41, 5.74) is 0. The molecule has 1 aromatic rings. The number of rotatable bonds is 7. The number of sulfonamides is 1. The van der Waals surface area contributed by atoms with Gasteiger partial charge in [-0.15, -0.1) is 0 Å². The third kappa shape index (κ3) is 6.17. The molecule has 0 atom stereocenters. The largest absolute Gasteiger partial charge is 0.356 e. The van der Waals surface area contributed by atoms with Crippen LogP contribution in [0, 0.1) is 5.92 Å². The van der Waals surface area contributed by atoms with Gasteiger partial charge in [0.15, 0.2) is 0 Å². The van der Waals surface area contributed by atoms with Gasteiger partial charge in [0.25, 0.3) is 0 Å². The van der Waals surface area contributed by atoms with Gasteiger partial charge < -0.3 is 5.32 Å². The number of nitrogens with one attached hydrogen (secondary N) is 2. The molecular weight excluding hydrogens is 337 g/mol. The molecule has 118 valence electrons. The van der Waals surface area contributed by atoms with E-state index in [4.69, 9.17) is 23.2 Å². The zero-order valence-electron chi connectivity index (χ0n) is 11.7. The predicted molar refractivity (Wildman–Crippen MR) is 81.9 cm³/mol. The molecule has 9 heteroatoms. The Morgan fingerprint density at radius 2 is 2.05 bits per heavy atom. The molecule has 1 rings (SSSR count). The van der Waals surface area contributed by atoms with Crippen LogP contribution in [0.5, 0.6) is 0 Å². The standard InChI is InChI=1S/C12H17Cl2N3O3S/c1-8(2)6-15-11(18)3-4-17-21(19,20)9-5-10(13)12(14)16-7-9/h5,7-8,17H,3-4,6H2,1-2H3,(H,15,18). The topological polar surface area (TPSA) is 88.2 Å². The van der Waals surface area contributed by atoms with E-state index in [9.17, 15) is 13.2 Å². The fraction of sp³-hybridized carbons (Fsp3) is 0.500. The van der Waals surface area contributed by atoms with Crippen molar-refractivity contribution >= 4 is 39.1 Å². The first-order valence-electron chi connectivity index (χ1n) is 6.30. The summed E-state index contributed by atoms with van der Waals surface area (Å²) < 4.78 is 26.2. The molecule has 1 amide bonds. The molecular formula is C12H17Cl2N3O3S. The molecule has 6 nitrogen and oxygen atoms in total. The molecule has 2 N–H and O–H groups in total. The van der Waals surface area contributed by atoms with Crippen molar-refractivity contribution in [3.05, 3.63) is 22.4 Å². The second kappa shape index (κ2) is 7.93. The molecule has 0 fully saturated rings. The van der Waals surface area contributed by atoms with E-state index in [0.717, 1.165) is 6.20 Å². The highest BCUT2D eigenvalue weighted by atomic mass is 35.5. The van der Waals surface area contributed by atoms with Crippen LogP contribution in [0.15, 0.2) is 17.2 Å². The van der Waals surface area contributed by atoms with E-state index in [1.807, 2.05) is 13.8 Å². The van der Waals surface area contributed by atoms with Gasteiger partial charge in [-0.25, -0.2) is 18.1 Å². The normalized spacial score (nSPS) is 11.7. The number of amides is 1. The lowest BCUT2D eigenvalue weighted by molar-refractivity contribution is -0.121.